The average molecular weight is 319 g/mol. The zero-order valence-electron chi connectivity index (χ0n) is 13.1. The first-order chi connectivity index (χ1) is 11.1. The Labute approximate surface area is 135 Å². The molecule has 1 aliphatic heterocycles. The van der Waals surface area contributed by atoms with Gasteiger partial charge in [0.1, 0.15) is 5.82 Å². The van der Waals surface area contributed by atoms with E-state index in [1.165, 1.54) is 12.1 Å². The average Bonchev–Trinajstić information content (AvgIpc) is 3.38. The van der Waals surface area contributed by atoms with Gasteiger partial charge in [-0.05, 0) is 37.0 Å². The number of carbonyl (C=O) groups excluding carboxylic acids is 2. The molecule has 0 bridgehead atoms. The van der Waals surface area contributed by atoms with Crippen molar-refractivity contribution in [3.05, 3.63) is 35.6 Å². The molecule has 2 fully saturated rings. The zero-order chi connectivity index (χ0) is 16.2. The molecule has 0 atom stereocenters. The van der Waals surface area contributed by atoms with Gasteiger partial charge in [-0.2, -0.15) is 0 Å². The van der Waals surface area contributed by atoms with Crippen molar-refractivity contribution in [1.82, 2.24) is 15.1 Å². The number of urea groups is 1. The molecule has 1 saturated heterocycles. The molecule has 5 nitrogen and oxygen atoms in total. The monoisotopic (exact) mass is 319 g/mol. The standard InChI is InChI=1S/C17H22FN3O2/c18-15-4-1-3-13(11-15)12-19-17(23)21-8-2-7-20(9-10-21)16(22)14-5-6-14/h1,3-4,11,14H,2,5-10,12H2,(H,19,23). The van der Waals surface area contributed by atoms with Crippen LogP contribution in [0.2, 0.25) is 0 Å². The van der Waals surface area contributed by atoms with Crippen molar-refractivity contribution < 1.29 is 14.0 Å². The van der Waals surface area contributed by atoms with E-state index in [4.69, 9.17) is 0 Å². The predicted molar refractivity (Wildman–Crippen MR) is 84.1 cm³/mol. The fourth-order valence-corrected chi connectivity index (χ4v) is 2.87. The van der Waals surface area contributed by atoms with Crippen LogP contribution in [0.4, 0.5) is 9.18 Å². The van der Waals surface area contributed by atoms with E-state index < -0.39 is 0 Å². The molecule has 3 amide bonds. The maximum absolute atomic E-state index is 13.1. The van der Waals surface area contributed by atoms with Crippen molar-refractivity contribution in [1.29, 1.82) is 0 Å². The normalized spacial score (nSPS) is 18.5. The molecule has 1 aromatic rings. The molecule has 0 spiro atoms. The fourth-order valence-electron chi connectivity index (χ4n) is 2.87. The van der Waals surface area contributed by atoms with Gasteiger partial charge in [-0.3, -0.25) is 4.79 Å². The van der Waals surface area contributed by atoms with E-state index in [1.54, 1.807) is 17.0 Å². The number of benzene rings is 1. The SMILES string of the molecule is O=C(NCc1cccc(F)c1)N1CCCN(C(=O)C2CC2)CC1. The van der Waals surface area contributed by atoms with Crippen LogP contribution in [0, 0.1) is 11.7 Å². The van der Waals surface area contributed by atoms with Crippen molar-refractivity contribution in [2.75, 3.05) is 26.2 Å². The summed E-state index contributed by atoms with van der Waals surface area (Å²) in [7, 11) is 0. The Kier molecular flexibility index (Phi) is 4.79. The van der Waals surface area contributed by atoms with Gasteiger partial charge >= 0.3 is 6.03 Å². The molecule has 1 heterocycles. The molecule has 1 N–H and O–H groups in total. The van der Waals surface area contributed by atoms with Crippen molar-refractivity contribution in [3.63, 3.8) is 0 Å². The van der Waals surface area contributed by atoms with Gasteiger partial charge in [0.2, 0.25) is 5.91 Å². The lowest BCUT2D eigenvalue weighted by atomic mass is 10.2. The van der Waals surface area contributed by atoms with E-state index in [0.29, 0.717) is 26.2 Å². The summed E-state index contributed by atoms with van der Waals surface area (Å²) in [4.78, 5) is 28.0. The highest BCUT2D eigenvalue weighted by molar-refractivity contribution is 5.81. The third-order valence-corrected chi connectivity index (χ3v) is 4.35. The molecule has 0 aromatic heterocycles. The highest BCUT2D eigenvalue weighted by Crippen LogP contribution is 2.31. The minimum atomic E-state index is -0.305. The highest BCUT2D eigenvalue weighted by atomic mass is 19.1. The number of rotatable bonds is 3. The summed E-state index contributed by atoms with van der Waals surface area (Å²) in [6.45, 7) is 2.82. The number of nitrogens with zero attached hydrogens (tertiary/aromatic N) is 2. The maximum Gasteiger partial charge on any atom is 0.317 e. The van der Waals surface area contributed by atoms with Crippen LogP contribution < -0.4 is 5.32 Å². The quantitative estimate of drug-likeness (QED) is 0.926. The number of amides is 3. The first-order valence-corrected chi connectivity index (χ1v) is 8.19. The Hall–Kier alpha value is -2.11. The van der Waals surface area contributed by atoms with Crippen molar-refractivity contribution in [2.45, 2.75) is 25.8 Å². The number of hydrogen-bond acceptors (Lipinski definition) is 2. The summed E-state index contributed by atoms with van der Waals surface area (Å²) in [5.74, 6) is 0.163. The van der Waals surface area contributed by atoms with Gasteiger partial charge in [0, 0.05) is 38.6 Å². The first kappa shape index (κ1) is 15.8. The second kappa shape index (κ2) is 6.98. The summed E-state index contributed by atoms with van der Waals surface area (Å²) < 4.78 is 13.1. The van der Waals surface area contributed by atoms with Crippen LogP contribution in [-0.4, -0.2) is 47.9 Å². The van der Waals surface area contributed by atoms with Crippen LogP contribution in [0.3, 0.4) is 0 Å². The number of halogens is 1. The van der Waals surface area contributed by atoms with Crippen LogP contribution in [0.1, 0.15) is 24.8 Å². The Morgan fingerprint density at radius 3 is 2.61 bits per heavy atom. The molecule has 0 unspecified atom stereocenters. The second-order valence-corrected chi connectivity index (χ2v) is 6.23. The van der Waals surface area contributed by atoms with Gasteiger partial charge in [-0.15, -0.1) is 0 Å². The van der Waals surface area contributed by atoms with Gasteiger partial charge in [0.25, 0.3) is 0 Å². The summed E-state index contributed by atoms with van der Waals surface area (Å²) in [6.07, 6.45) is 2.81. The third kappa shape index (κ3) is 4.21. The Balaban J connectivity index is 1.48. The van der Waals surface area contributed by atoms with Gasteiger partial charge in [0.05, 0.1) is 0 Å². The van der Waals surface area contributed by atoms with Gasteiger partial charge in [-0.1, -0.05) is 12.1 Å². The summed E-state index contributed by atoms with van der Waals surface area (Å²) in [5.41, 5.74) is 0.735. The summed E-state index contributed by atoms with van der Waals surface area (Å²) in [6, 6.07) is 6.05. The highest BCUT2D eigenvalue weighted by Gasteiger charge is 2.34. The van der Waals surface area contributed by atoms with Crippen LogP contribution in [-0.2, 0) is 11.3 Å². The van der Waals surface area contributed by atoms with Gasteiger partial charge in [0.15, 0.2) is 0 Å². The van der Waals surface area contributed by atoms with E-state index in [2.05, 4.69) is 5.32 Å². The van der Waals surface area contributed by atoms with Crippen LogP contribution >= 0.6 is 0 Å². The van der Waals surface area contributed by atoms with Crippen LogP contribution in [0.15, 0.2) is 24.3 Å². The lowest BCUT2D eigenvalue weighted by Crippen LogP contribution is -2.42. The predicted octanol–water partition coefficient (Wildman–Crippen LogP) is 1.98. The smallest absolute Gasteiger partial charge is 0.317 e. The second-order valence-electron chi connectivity index (χ2n) is 6.23. The summed E-state index contributed by atoms with van der Waals surface area (Å²) in [5, 5.41) is 2.82. The molecule has 3 rings (SSSR count). The molecular weight excluding hydrogens is 297 g/mol. The maximum atomic E-state index is 13.1. The Bertz CT molecular complexity index is 589. The molecule has 6 heteroatoms. The van der Waals surface area contributed by atoms with Crippen molar-refractivity contribution >= 4 is 11.9 Å². The van der Waals surface area contributed by atoms with Gasteiger partial charge in [-0.25, -0.2) is 9.18 Å². The van der Waals surface area contributed by atoms with Crippen LogP contribution in [0.5, 0.6) is 0 Å². The lowest BCUT2D eigenvalue weighted by Gasteiger charge is -2.22. The fraction of sp³-hybridized carbons (Fsp3) is 0.529. The molecule has 2 aliphatic rings. The molecule has 23 heavy (non-hydrogen) atoms. The topological polar surface area (TPSA) is 52.7 Å². The Morgan fingerprint density at radius 1 is 1.13 bits per heavy atom. The van der Waals surface area contributed by atoms with E-state index in [9.17, 15) is 14.0 Å². The van der Waals surface area contributed by atoms with E-state index in [-0.39, 0.29) is 23.7 Å². The first-order valence-electron chi connectivity index (χ1n) is 8.19. The molecule has 1 aliphatic carbocycles. The lowest BCUT2D eigenvalue weighted by molar-refractivity contribution is -0.132. The largest absolute Gasteiger partial charge is 0.341 e. The van der Waals surface area contributed by atoms with Crippen molar-refractivity contribution in [3.8, 4) is 0 Å². The molecular formula is C17H22FN3O2. The van der Waals surface area contributed by atoms with E-state index in [0.717, 1.165) is 31.4 Å². The molecule has 1 aromatic carbocycles. The minimum absolute atomic E-state index is 0.157. The van der Waals surface area contributed by atoms with E-state index in [1.807, 2.05) is 4.90 Å². The summed E-state index contributed by atoms with van der Waals surface area (Å²) >= 11 is 0. The third-order valence-electron chi connectivity index (χ3n) is 4.35. The molecule has 1 saturated carbocycles. The van der Waals surface area contributed by atoms with Crippen LogP contribution in [0.25, 0.3) is 0 Å². The minimum Gasteiger partial charge on any atom is -0.341 e. The number of carbonyl (C=O) groups is 2. The van der Waals surface area contributed by atoms with Gasteiger partial charge < -0.3 is 15.1 Å². The number of nitrogens with one attached hydrogen (secondary N) is 1. The molecule has 124 valence electrons. The van der Waals surface area contributed by atoms with E-state index >= 15 is 0 Å². The Morgan fingerprint density at radius 2 is 1.87 bits per heavy atom. The molecule has 0 radical (unpaired) electrons. The van der Waals surface area contributed by atoms with Crippen molar-refractivity contribution in [2.24, 2.45) is 5.92 Å². The zero-order valence-corrected chi connectivity index (χ0v) is 13.1. The number of hydrogen-bond donors (Lipinski definition) is 1.